The summed E-state index contributed by atoms with van der Waals surface area (Å²) in [5, 5.41) is 11.2. The van der Waals surface area contributed by atoms with E-state index in [2.05, 4.69) is 0 Å². The molecule has 8 heteroatoms. The second kappa shape index (κ2) is 11.7. The van der Waals surface area contributed by atoms with Gasteiger partial charge in [-0.1, -0.05) is 42.5 Å². The molecule has 1 saturated heterocycles. The minimum atomic E-state index is -0.881. The molecule has 0 aliphatic carbocycles. The van der Waals surface area contributed by atoms with Crippen LogP contribution in [-0.4, -0.2) is 49.1 Å². The molecule has 0 radical (unpaired) electrons. The number of ketones is 1. The third kappa shape index (κ3) is 5.65. The first-order valence-corrected chi connectivity index (χ1v) is 11.8. The van der Waals surface area contributed by atoms with E-state index in [0.29, 0.717) is 30.9 Å². The molecular weight excluding hydrogens is 477 g/mol. The first-order chi connectivity index (χ1) is 17.9. The van der Waals surface area contributed by atoms with Crippen molar-refractivity contribution in [3.8, 4) is 11.5 Å². The van der Waals surface area contributed by atoms with Crippen LogP contribution in [0.2, 0.25) is 0 Å². The molecule has 4 rings (SSSR count). The number of ether oxygens (including phenoxy) is 3. The molecule has 1 atom stereocenters. The van der Waals surface area contributed by atoms with E-state index in [-0.39, 0.29) is 23.4 Å². The van der Waals surface area contributed by atoms with Crippen LogP contribution in [0.4, 0.5) is 4.39 Å². The lowest BCUT2D eigenvalue weighted by Crippen LogP contribution is -2.31. The standard InChI is InChI=1S/C29H28FNO6/c1-35-16-6-15-31-26(20-9-12-22(13-10-20)37-18-19-7-4-3-5-8-19)25(28(33)29(31)34)27(32)23-17-21(30)11-14-24(23)36-2/h3-5,7-14,17,26,32H,6,15-16,18H2,1-2H3/b27-25+. The number of hydrogen-bond donors (Lipinski definition) is 1. The van der Waals surface area contributed by atoms with Gasteiger partial charge in [-0.25, -0.2) is 4.39 Å². The summed E-state index contributed by atoms with van der Waals surface area (Å²) in [5.74, 6) is -1.94. The van der Waals surface area contributed by atoms with Crippen molar-refractivity contribution < 1.29 is 33.3 Å². The second-order valence-corrected chi connectivity index (χ2v) is 8.53. The maximum atomic E-state index is 14.1. The molecule has 1 amide bonds. The largest absolute Gasteiger partial charge is 0.507 e. The van der Waals surface area contributed by atoms with E-state index in [4.69, 9.17) is 14.2 Å². The summed E-state index contributed by atoms with van der Waals surface area (Å²) < 4.78 is 30.3. The van der Waals surface area contributed by atoms with Crippen molar-refractivity contribution in [2.75, 3.05) is 27.4 Å². The van der Waals surface area contributed by atoms with Crippen LogP contribution in [-0.2, 0) is 20.9 Å². The fourth-order valence-corrected chi connectivity index (χ4v) is 4.33. The number of carbonyl (C=O) groups is 2. The predicted octanol–water partition coefficient (Wildman–Crippen LogP) is 4.87. The van der Waals surface area contributed by atoms with Gasteiger partial charge in [-0.2, -0.15) is 0 Å². The van der Waals surface area contributed by atoms with Gasteiger partial charge in [-0.15, -0.1) is 0 Å². The maximum absolute atomic E-state index is 14.1. The number of rotatable bonds is 10. The third-order valence-electron chi connectivity index (χ3n) is 6.15. The Morgan fingerprint density at radius 2 is 1.73 bits per heavy atom. The lowest BCUT2D eigenvalue weighted by molar-refractivity contribution is -0.140. The van der Waals surface area contributed by atoms with Gasteiger partial charge in [0.05, 0.1) is 24.3 Å². The number of hydrogen-bond acceptors (Lipinski definition) is 6. The van der Waals surface area contributed by atoms with E-state index in [0.717, 1.165) is 11.6 Å². The highest BCUT2D eigenvalue weighted by Crippen LogP contribution is 2.41. The SMILES string of the molecule is COCCCN1C(=O)C(=O)/C(=C(/O)c2cc(F)ccc2OC)C1c1ccc(OCc2ccccc2)cc1. The van der Waals surface area contributed by atoms with Gasteiger partial charge in [-0.3, -0.25) is 9.59 Å². The van der Waals surface area contributed by atoms with E-state index >= 15 is 0 Å². The molecule has 0 aromatic heterocycles. The van der Waals surface area contributed by atoms with Crippen LogP contribution >= 0.6 is 0 Å². The smallest absolute Gasteiger partial charge is 0.295 e. The number of Topliss-reactive ketones (excluding diaryl/α,β-unsaturated/α-hetero) is 1. The monoisotopic (exact) mass is 505 g/mol. The Hall–Kier alpha value is -4.17. The zero-order chi connectivity index (χ0) is 26.4. The van der Waals surface area contributed by atoms with Crippen molar-refractivity contribution in [1.82, 2.24) is 4.90 Å². The number of likely N-dealkylation sites (tertiary alicyclic amines) is 1. The molecule has 192 valence electrons. The minimum absolute atomic E-state index is 0.00907. The van der Waals surface area contributed by atoms with Gasteiger partial charge < -0.3 is 24.2 Å². The summed E-state index contributed by atoms with van der Waals surface area (Å²) in [6.07, 6.45) is 0.488. The van der Waals surface area contributed by atoms with Crippen LogP contribution in [0.5, 0.6) is 11.5 Å². The van der Waals surface area contributed by atoms with Crippen molar-refractivity contribution in [2.45, 2.75) is 19.1 Å². The first-order valence-electron chi connectivity index (χ1n) is 11.8. The van der Waals surface area contributed by atoms with Gasteiger partial charge >= 0.3 is 0 Å². The Balaban J connectivity index is 1.72. The number of carbonyl (C=O) groups excluding carboxylic acids is 2. The Labute approximate surface area is 214 Å². The molecule has 1 aliphatic rings. The van der Waals surface area contributed by atoms with Crippen LogP contribution in [0, 0.1) is 5.82 Å². The zero-order valence-electron chi connectivity index (χ0n) is 20.6. The van der Waals surface area contributed by atoms with Gasteiger partial charge in [0.15, 0.2) is 0 Å². The van der Waals surface area contributed by atoms with Gasteiger partial charge in [-0.05, 0) is 47.9 Å². The summed E-state index contributed by atoms with van der Waals surface area (Å²) in [4.78, 5) is 27.6. The lowest BCUT2D eigenvalue weighted by Gasteiger charge is -2.25. The summed E-state index contributed by atoms with van der Waals surface area (Å²) in [7, 11) is 2.93. The number of methoxy groups -OCH3 is 2. The molecule has 1 unspecified atom stereocenters. The predicted molar refractivity (Wildman–Crippen MR) is 136 cm³/mol. The summed E-state index contributed by atoms with van der Waals surface area (Å²) >= 11 is 0. The van der Waals surface area contributed by atoms with Crippen LogP contribution in [0.1, 0.15) is 29.2 Å². The normalized spacial score (nSPS) is 16.7. The van der Waals surface area contributed by atoms with E-state index < -0.39 is 29.3 Å². The first kappa shape index (κ1) is 25.9. The Morgan fingerprint density at radius 3 is 2.41 bits per heavy atom. The molecule has 1 heterocycles. The van der Waals surface area contributed by atoms with E-state index in [9.17, 15) is 19.1 Å². The number of aliphatic hydroxyl groups excluding tert-OH is 1. The Bertz CT molecular complexity index is 1290. The van der Waals surface area contributed by atoms with E-state index in [1.165, 1.54) is 24.1 Å². The van der Waals surface area contributed by atoms with Crippen LogP contribution in [0.25, 0.3) is 5.76 Å². The van der Waals surface area contributed by atoms with E-state index in [1.807, 2.05) is 30.3 Å². The molecule has 1 N–H and O–H groups in total. The molecular formula is C29H28FNO6. The fraction of sp³-hybridized carbons (Fsp3) is 0.241. The number of halogens is 1. The van der Waals surface area contributed by atoms with Crippen LogP contribution in [0.3, 0.4) is 0 Å². The summed E-state index contributed by atoms with van der Waals surface area (Å²) in [6, 6.07) is 19.4. The molecule has 1 fully saturated rings. The number of amides is 1. The van der Waals surface area contributed by atoms with Crippen molar-refractivity contribution >= 4 is 17.4 Å². The molecule has 0 saturated carbocycles. The number of nitrogens with zero attached hydrogens (tertiary/aromatic N) is 1. The Morgan fingerprint density at radius 1 is 1.00 bits per heavy atom. The van der Waals surface area contributed by atoms with Gasteiger partial charge in [0.1, 0.15) is 29.7 Å². The van der Waals surface area contributed by atoms with Crippen molar-refractivity contribution in [1.29, 1.82) is 0 Å². The quantitative estimate of drug-likeness (QED) is 0.183. The average Bonchev–Trinajstić information content (AvgIpc) is 3.17. The van der Waals surface area contributed by atoms with Gasteiger partial charge in [0, 0.05) is 20.3 Å². The van der Waals surface area contributed by atoms with E-state index in [1.54, 1.807) is 31.4 Å². The lowest BCUT2D eigenvalue weighted by atomic mass is 9.95. The number of benzene rings is 3. The van der Waals surface area contributed by atoms with Crippen LogP contribution in [0.15, 0.2) is 78.4 Å². The molecule has 37 heavy (non-hydrogen) atoms. The highest BCUT2D eigenvalue weighted by atomic mass is 19.1. The fourth-order valence-electron chi connectivity index (χ4n) is 4.33. The molecule has 7 nitrogen and oxygen atoms in total. The molecule has 0 spiro atoms. The molecule has 3 aromatic carbocycles. The zero-order valence-corrected chi connectivity index (χ0v) is 20.6. The third-order valence-corrected chi connectivity index (χ3v) is 6.15. The summed E-state index contributed by atoms with van der Waals surface area (Å²) in [6.45, 7) is 1.00. The highest BCUT2D eigenvalue weighted by molar-refractivity contribution is 6.46. The second-order valence-electron chi connectivity index (χ2n) is 8.53. The molecule has 1 aliphatic heterocycles. The number of aliphatic hydroxyl groups is 1. The Kier molecular flexibility index (Phi) is 8.20. The average molecular weight is 506 g/mol. The van der Waals surface area contributed by atoms with Gasteiger partial charge in [0.2, 0.25) is 0 Å². The maximum Gasteiger partial charge on any atom is 0.295 e. The van der Waals surface area contributed by atoms with Crippen molar-refractivity contribution in [2.24, 2.45) is 0 Å². The van der Waals surface area contributed by atoms with Crippen molar-refractivity contribution in [3.05, 3.63) is 101 Å². The topological polar surface area (TPSA) is 85.3 Å². The minimum Gasteiger partial charge on any atom is -0.507 e. The van der Waals surface area contributed by atoms with Crippen LogP contribution < -0.4 is 9.47 Å². The van der Waals surface area contributed by atoms with Gasteiger partial charge in [0.25, 0.3) is 11.7 Å². The molecule has 0 bridgehead atoms. The highest BCUT2D eigenvalue weighted by Gasteiger charge is 2.46. The summed E-state index contributed by atoms with van der Waals surface area (Å²) in [5.41, 5.74) is 1.47. The molecule has 3 aromatic rings. The van der Waals surface area contributed by atoms with Crippen molar-refractivity contribution in [3.63, 3.8) is 0 Å².